The molecule has 0 atom stereocenters. The molecule has 1 aromatic heterocycles. The van der Waals surface area contributed by atoms with Crippen LogP contribution in [0.1, 0.15) is 35.3 Å². The van der Waals surface area contributed by atoms with Gasteiger partial charge in [-0.25, -0.2) is 4.68 Å². The van der Waals surface area contributed by atoms with Crippen LogP contribution in [0.2, 0.25) is 0 Å². The van der Waals surface area contributed by atoms with E-state index in [4.69, 9.17) is 0 Å². The van der Waals surface area contributed by atoms with Crippen molar-refractivity contribution < 1.29 is 4.79 Å². The minimum Gasteiger partial charge on any atom is -0.294 e. The maximum Gasteiger partial charge on any atom is 0.166 e. The van der Waals surface area contributed by atoms with Crippen LogP contribution in [0.3, 0.4) is 0 Å². The zero-order valence-corrected chi connectivity index (χ0v) is 11.5. The molecule has 0 saturated carbocycles. The van der Waals surface area contributed by atoms with E-state index in [0.717, 1.165) is 40.7 Å². The van der Waals surface area contributed by atoms with E-state index < -0.39 is 0 Å². The number of fused-ring (bicyclic) bond motifs is 1. The molecular formula is C14H13BrN2O. The van der Waals surface area contributed by atoms with Gasteiger partial charge >= 0.3 is 0 Å². The van der Waals surface area contributed by atoms with Crippen LogP contribution in [0.4, 0.5) is 0 Å². The number of Topliss-reactive ketones (excluding diaryl/α,β-unsaturated/α-hetero) is 1. The average Bonchev–Trinajstić information content (AvgIpc) is 2.71. The molecule has 1 aliphatic carbocycles. The SMILES string of the molecule is O=C1CCCCc2c1cnn2-c1ccc(Br)cc1. The average molecular weight is 305 g/mol. The van der Waals surface area contributed by atoms with Gasteiger partial charge in [0, 0.05) is 10.9 Å². The van der Waals surface area contributed by atoms with Crippen molar-refractivity contribution in [1.82, 2.24) is 9.78 Å². The number of carbonyl (C=O) groups is 1. The Morgan fingerprint density at radius 1 is 1.11 bits per heavy atom. The fourth-order valence-electron chi connectivity index (χ4n) is 2.36. The Bertz CT molecular complexity index is 586. The Hall–Kier alpha value is -1.42. The highest BCUT2D eigenvalue weighted by molar-refractivity contribution is 9.10. The molecule has 0 N–H and O–H groups in total. The standard InChI is InChI=1S/C14H13BrN2O/c15-10-5-7-11(8-6-10)17-13-3-1-2-4-14(18)12(13)9-16-17/h5-9H,1-4H2. The van der Waals surface area contributed by atoms with Crippen LogP contribution in [0.15, 0.2) is 34.9 Å². The van der Waals surface area contributed by atoms with Crippen LogP contribution >= 0.6 is 15.9 Å². The van der Waals surface area contributed by atoms with Gasteiger partial charge in [-0.2, -0.15) is 5.10 Å². The number of benzene rings is 1. The van der Waals surface area contributed by atoms with E-state index in [9.17, 15) is 4.79 Å². The van der Waals surface area contributed by atoms with Crippen molar-refractivity contribution in [1.29, 1.82) is 0 Å². The van der Waals surface area contributed by atoms with Gasteiger partial charge in [0.15, 0.2) is 5.78 Å². The number of ketones is 1. The Balaban J connectivity index is 2.08. The number of aromatic nitrogens is 2. The quantitative estimate of drug-likeness (QED) is 0.755. The van der Waals surface area contributed by atoms with E-state index >= 15 is 0 Å². The summed E-state index contributed by atoms with van der Waals surface area (Å²) in [6, 6.07) is 7.99. The molecule has 0 bridgehead atoms. The second kappa shape index (κ2) is 4.69. The summed E-state index contributed by atoms with van der Waals surface area (Å²) >= 11 is 3.42. The van der Waals surface area contributed by atoms with Crippen molar-refractivity contribution in [3.63, 3.8) is 0 Å². The monoisotopic (exact) mass is 304 g/mol. The van der Waals surface area contributed by atoms with Crippen molar-refractivity contribution in [3.8, 4) is 5.69 Å². The van der Waals surface area contributed by atoms with Gasteiger partial charge in [0.1, 0.15) is 0 Å². The Morgan fingerprint density at radius 2 is 1.83 bits per heavy atom. The molecular weight excluding hydrogens is 292 g/mol. The van der Waals surface area contributed by atoms with E-state index in [-0.39, 0.29) is 5.78 Å². The lowest BCUT2D eigenvalue weighted by Gasteiger charge is -2.07. The number of rotatable bonds is 1. The van der Waals surface area contributed by atoms with Crippen LogP contribution in [0, 0.1) is 0 Å². The first kappa shape index (κ1) is 11.7. The lowest BCUT2D eigenvalue weighted by molar-refractivity contribution is 0.0982. The summed E-state index contributed by atoms with van der Waals surface area (Å²) in [6.07, 6.45) is 5.33. The molecule has 1 aliphatic rings. The molecule has 0 spiro atoms. The molecule has 0 fully saturated rings. The summed E-state index contributed by atoms with van der Waals surface area (Å²) in [5.74, 6) is 0.228. The fourth-order valence-corrected chi connectivity index (χ4v) is 2.63. The fraction of sp³-hybridized carbons (Fsp3) is 0.286. The third kappa shape index (κ3) is 2.01. The van der Waals surface area contributed by atoms with Crippen LogP contribution in [-0.4, -0.2) is 15.6 Å². The van der Waals surface area contributed by atoms with Gasteiger partial charge in [-0.05, 0) is 43.5 Å². The molecule has 3 rings (SSSR count). The van der Waals surface area contributed by atoms with Crippen molar-refractivity contribution in [2.45, 2.75) is 25.7 Å². The highest BCUT2D eigenvalue weighted by Gasteiger charge is 2.20. The third-order valence-electron chi connectivity index (χ3n) is 3.31. The Labute approximate surface area is 114 Å². The predicted molar refractivity (Wildman–Crippen MR) is 73.1 cm³/mol. The number of halogens is 1. The van der Waals surface area contributed by atoms with Crippen LogP contribution in [0.25, 0.3) is 5.69 Å². The van der Waals surface area contributed by atoms with Gasteiger partial charge < -0.3 is 0 Å². The predicted octanol–water partition coefficient (Wildman–Crippen LogP) is 3.54. The van der Waals surface area contributed by atoms with Crippen molar-refractivity contribution in [3.05, 3.63) is 46.2 Å². The molecule has 0 saturated heterocycles. The molecule has 0 amide bonds. The zero-order valence-electron chi connectivity index (χ0n) is 9.90. The topological polar surface area (TPSA) is 34.9 Å². The first-order valence-electron chi connectivity index (χ1n) is 6.12. The van der Waals surface area contributed by atoms with Gasteiger partial charge in [0.2, 0.25) is 0 Å². The number of hydrogen-bond donors (Lipinski definition) is 0. The third-order valence-corrected chi connectivity index (χ3v) is 3.84. The summed E-state index contributed by atoms with van der Waals surface area (Å²) in [4.78, 5) is 11.9. The molecule has 1 heterocycles. The molecule has 92 valence electrons. The number of nitrogens with zero attached hydrogens (tertiary/aromatic N) is 2. The Kier molecular flexibility index (Phi) is 3.04. The molecule has 0 aliphatic heterocycles. The maximum absolute atomic E-state index is 11.9. The normalized spacial score (nSPS) is 15.3. The highest BCUT2D eigenvalue weighted by atomic mass is 79.9. The minimum absolute atomic E-state index is 0.228. The first-order valence-corrected chi connectivity index (χ1v) is 6.91. The van der Waals surface area contributed by atoms with Crippen molar-refractivity contribution >= 4 is 21.7 Å². The summed E-state index contributed by atoms with van der Waals surface area (Å²) in [7, 11) is 0. The molecule has 4 heteroatoms. The number of hydrogen-bond acceptors (Lipinski definition) is 2. The molecule has 1 aromatic carbocycles. The van der Waals surface area contributed by atoms with Crippen LogP contribution in [-0.2, 0) is 6.42 Å². The number of carbonyl (C=O) groups excluding carboxylic acids is 1. The van der Waals surface area contributed by atoms with Gasteiger partial charge in [-0.15, -0.1) is 0 Å². The van der Waals surface area contributed by atoms with Crippen LogP contribution in [0.5, 0.6) is 0 Å². The van der Waals surface area contributed by atoms with Crippen LogP contribution < -0.4 is 0 Å². The summed E-state index contributed by atoms with van der Waals surface area (Å²) < 4.78 is 2.94. The van der Waals surface area contributed by atoms with Gasteiger partial charge in [-0.1, -0.05) is 15.9 Å². The van der Waals surface area contributed by atoms with E-state index in [1.165, 1.54) is 0 Å². The van der Waals surface area contributed by atoms with Crippen molar-refractivity contribution in [2.75, 3.05) is 0 Å². The molecule has 18 heavy (non-hydrogen) atoms. The summed E-state index contributed by atoms with van der Waals surface area (Å²) in [5.41, 5.74) is 2.87. The van der Waals surface area contributed by atoms with Gasteiger partial charge in [0.25, 0.3) is 0 Å². The largest absolute Gasteiger partial charge is 0.294 e. The summed E-state index contributed by atoms with van der Waals surface area (Å²) in [6.45, 7) is 0. The molecule has 0 radical (unpaired) electrons. The smallest absolute Gasteiger partial charge is 0.166 e. The highest BCUT2D eigenvalue weighted by Crippen LogP contribution is 2.23. The molecule has 2 aromatic rings. The van der Waals surface area contributed by atoms with Crippen molar-refractivity contribution in [2.24, 2.45) is 0 Å². The maximum atomic E-state index is 11.9. The second-order valence-electron chi connectivity index (χ2n) is 4.52. The molecule has 3 nitrogen and oxygen atoms in total. The minimum atomic E-state index is 0.228. The lowest BCUT2D eigenvalue weighted by atomic mass is 10.1. The molecule has 0 unspecified atom stereocenters. The van der Waals surface area contributed by atoms with E-state index in [1.54, 1.807) is 6.20 Å². The van der Waals surface area contributed by atoms with E-state index in [2.05, 4.69) is 21.0 Å². The van der Waals surface area contributed by atoms with Gasteiger partial charge in [-0.3, -0.25) is 4.79 Å². The van der Waals surface area contributed by atoms with E-state index in [1.807, 2.05) is 28.9 Å². The summed E-state index contributed by atoms with van der Waals surface area (Å²) in [5, 5.41) is 4.37. The van der Waals surface area contributed by atoms with E-state index in [0.29, 0.717) is 6.42 Å². The lowest BCUT2D eigenvalue weighted by Crippen LogP contribution is -2.04. The van der Waals surface area contributed by atoms with Gasteiger partial charge in [0.05, 0.1) is 23.1 Å². The zero-order chi connectivity index (χ0) is 12.5. The first-order chi connectivity index (χ1) is 8.75. The second-order valence-corrected chi connectivity index (χ2v) is 5.44. The Morgan fingerprint density at radius 3 is 2.61 bits per heavy atom.